The lowest BCUT2D eigenvalue weighted by atomic mass is 10.1. The van der Waals surface area contributed by atoms with Crippen LogP contribution in [0.3, 0.4) is 0 Å². The summed E-state index contributed by atoms with van der Waals surface area (Å²) in [5.41, 5.74) is 0. The van der Waals surface area contributed by atoms with E-state index in [1.165, 1.54) is 51.4 Å². The zero-order valence-electron chi connectivity index (χ0n) is 24.6. The molecule has 0 fully saturated rings. The average Bonchev–Trinajstić information content (AvgIpc) is 2.87. The van der Waals surface area contributed by atoms with Crippen molar-refractivity contribution in [2.45, 2.75) is 123 Å². The first-order chi connectivity index (χ1) is 17.9. The minimum Gasteiger partial charge on any atom is -0.465 e. The number of rotatable bonds is 27. The highest BCUT2D eigenvalue weighted by atomic mass is 16.7. The van der Waals surface area contributed by atoms with Crippen LogP contribution in [0, 0.1) is 12.8 Å². The standard InChI is InChI=1S/C30H58NO6/c1-6-8-10-12-14-16-23-34-30(35-24-17-15-13-11-9-7-2)21-20-29(33)37-26-27(3)25-36-28(32)19-18-22-31(4)5/h27,30H,3,6-26H2,1-2,4-5H3. The van der Waals surface area contributed by atoms with Crippen molar-refractivity contribution in [1.82, 2.24) is 4.90 Å². The van der Waals surface area contributed by atoms with Crippen molar-refractivity contribution in [2.24, 2.45) is 5.92 Å². The number of hydrogen-bond acceptors (Lipinski definition) is 7. The Labute approximate surface area is 228 Å². The van der Waals surface area contributed by atoms with Crippen LogP contribution in [0.25, 0.3) is 0 Å². The van der Waals surface area contributed by atoms with Gasteiger partial charge < -0.3 is 23.8 Å². The summed E-state index contributed by atoms with van der Waals surface area (Å²) >= 11 is 0. The summed E-state index contributed by atoms with van der Waals surface area (Å²) in [6.45, 7) is 10.8. The molecule has 0 saturated carbocycles. The fourth-order valence-corrected chi connectivity index (χ4v) is 3.80. The van der Waals surface area contributed by atoms with Crippen LogP contribution >= 0.6 is 0 Å². The smallest absolute Gasteiger partial charge is 0.305 e. The van der Waals surface area contributed by atoms with Crippen molar-refractivity contribution < 1.29 is 28.5 Å². The maximum atomic E-state index is 12.3. The van der Waals surface area contributed by atoms with E-state index in [9.17, 15) is 9.59 Å². The highest BCUT2D eigenvalue weighted by Gasteiger charge is 2.15. The molecular weight excluding hydrogens is 470 g/mol. The van der Waals surface area contributed by atoms with Crippen LogP contribution < -0.4 is 0 Å². The monoisotopic (exact) mass is 528 g/mol. The highest BCUT2D eigenvalue weighted by Crippen LogP contribution is 2.12. The van der Waals surface area contributed by atoms with Gasteiger partial charge in [0.05, 0.1) is 19.6 Å². The van der Waals surface area contributed by atoms with Gasteiger partial charge in [-0.1, -0.05) is 78.1 Å². The van der Waals surface area contributed by atoms with Crippen LogP contribution in [0.1, 0.15) is 117 Å². The summed E-state index contributed by atoms with van der Waals surface area (Å²) in [5, 5.41) is 0. The van der Waals surface area contributed by atoms with Gasteiger partial charge in [-0.2, -0.15) is 0 Å². The summed E-state index contributed by atoms with van der Waals surface area (Å²) in [7, 11) is 3.94. The number of carbonyl (C=O) groups is 2. The lowest BCUT2D eigenvalue weighted by Gasteiger charge is -2.19. The summed E-state index contributed by atoms with van der Waals surface area (Å²) in [6, 6.07) is 0. The van der Waals surface area contributed by atoms with Crippen LogP contribution in [0.15, 0.2) is 0 Å². The van der Waals surface area contributed by atoms with Gasteiger partial charge in [-0.15, -0.1) is 0 Å². The van der Waals surface area contributed by atoms with E-state index in [1.54, 1.807) is 0 Å². The number of esters is 2. The van der Waals surface area contributed by atoms with Crippen LogP contribution in [-0.4, -0.2) is 70.2 Å². The second kappa shape index (κ2) is 26.4. The Kier molecular flexibility index (Phi) is 25.6. The van der Waals surface area contributed by atoms with Crippen LogP contribution in [0.4, 0.5) is 0 Å². The molecule has 0 bridgehead atoms. The molecule has 0 rings (SSSR count). The Morgan fingerprint density at radius 2 is 1.14 bits per heavy atom. The number of hydrogen-bond donors (Lipinski definition) is 0. The molecule has 0 aromatic heterocycles. The fraction of sp³-hybridized carbons (Fsp3) is 0.900. The Morgan fingerprint density at radius 3 is 1.62 bits per heavy atom. The van der Waals surface area contributed by atoms with E-state index in [2.05, 4.69) is 20.8 Å². The van der Waals surface area contributed by atoms with Crippen LogP contribution in [0.5, 0.6) is 0 Å². The van der Waals surface area contributed by atoms with Gasteiger partial charge in [0, 0.05) is 32.0 Å². The molecule has 37 heavy (non-hydrogen) atoms. The summed E-state index contributed by atoms with van der Waals surface area (Å²) in [6.07, 6.45) is 15.9. The van der Waals surface area contributed by atoms with Gasteiger partial charge in [0.1, 0.15) is 0 Å². The molecule has 0 spiro atoms. The van der Waals surface area contributed by atoms with Crippen molar-refractivity contribution in [3.8, 4) is 0 Å². The highest BCUT2D eigenvalue weighted by molar-refractivity contribution is 5.69. The number of unbranched alkanes of at least 4 members (excludes halogenated alkanes) is 10. The molecular formula is C30H58NO6. The molecule has 0 N–H and O–H groups in total. The summed E-state index contributed by atoms with van der Waals surface area (Å²) in [4.78, 5) is 26.1. The van der Waals surface area contributed by atoms with Crippen LogP contribution in [0.2, 0.25) is 0 Å². The third-order valence-electron chi connectivity index (χ3n) is 6.13. The zero-order chi connectivity index (χ0) is 27.6. The molecule has 0 aliphatic heterocycles. The number of carbonyl (C=O) groups excluding carboxylic acids is 2. The second-order valence-electron chi connectivity index (χ2n) is 10.4. The predicted molar refractivity (Wildman–Crippen MR) is 150 cm³/mol. The van der Waals surface area contributed by atoms with Gasteiger partial charge in [-0.05, 0) is 46.8 Å². The van der Waals surface area contributed by atoms with Crippen molar-refractivity contribution in [3.05, 3.63) is 6.92 Å². The summed E-state index contributed by atoms with van der Waals surface area (Å²) in [5.74, 6) is -0.831. The minimum absolute atomic E-state index is 0.131. The van der Waals surface area contributed by atoms with E-state index in [-0.39, 0.29) is 43.8 Å². The second-order valence-corrected chi connectivity index (χ2v) is 10.4. The van der Waals surface area contributed by atoms with E-state index in [0.717, 1.165) is 38.6 Å². The SMILES string of the molecule is [CH2]C(COC(=O)CCCN(C)C)COC(=O)CCC(OCCCCCCCC)OCCCCCCCC. The predicted octanol–water partition coefficient (Wildman–Crippen LogP) is 6.73. The lowest BCUT2D eigenvalue weighted by Crippen LogP contribution is -2.22. The Balaban J connectivity index is 4.18. The first-order valence-electron chi connectivity index (χ1n) is 14.9. The van der Waals surface area contributed by atoms with Crippen LogP contribution in [-0.2, 0) is 28.5 Å². The molecule has 7 heteroatoms. The van der Waals surface area contributed by atoms with Gasteiger partial charge in [0.2, 0.25) is 0 Å². The summed E-state index contributed by atoms with van der Waals surface area (Å²) < 4.78 is 22.5. The van der Waals surface area contributed by atoms with Gasteiger partial charge in [0.15, 0.2) is 6.29 Å². The minimum atomic E-state index is -0.377. The maximum absolute atomic E-state index is 12.3. The quantitative estimate of drug-likeness (QED) is 0.0665. The van der Waals surface area contributed by atoms with Gasteiger partial charge in [-0.3, -0.25) is 9.59 Å². The number of ether oxygens (including phenoxy) is 4. The Hall–Kier alpha value is -1.18. The van der Waals surface area contributed by atoms with Crippen molar-refractivity contribution >= 4 is 11.9 Å². The molecule has 1 unspecified atom stereocenters. The lowest BCUT2D eigenvalue weighted by molar-refractivity contribution is -0.160. The van der Waals surface area contributed by atoms with E-state index in [4.69, 9.17) is 18.9 Å². The Morgan fingerprint density at radius 1 is 0.676 bits per heavy atom. The van der Waals surface area contributed by atoms with E-state index in [0.29, 0.717) is 26.1 Å². The average molecular weight is 529 g/mol. The molecule has 219 valence electrons. The molecule has 0 heterocycles. The van der Waals surface area contributed by atoms with Gasteiger partial charge >= 0.3 is 11.9 Å². The molecule has 0 saturated heterocycles. The molecule has 0 aliphatic carbocycles. The molecule has 1 atom stereocenters. The normalized spacial score (nSPS) is 12.3. The van der Waals surface area contributed by atoms with Crippen molar-refractivity contribution in [1.29, 1.82) is 0 Å². The molecule has 1 radical (unpaired) electrons. The van der Waals surface area contributed by atoms with Crippen molar-refractivity contribution in [2.75, 3.05) is 47.1 Å². The molecule has 0 amide bonds. The zero-order valence-corrected chi connectivity index (χ0v) is 24.6. The molecule has 0 aromatic rings. The maximum Gasteiger partial charge on any atom is 0.305 e. The third-order valence-corrected chi connectivity index (χ3v) is 6.13. The largest absolute Gasteiger partial charge is 0.465 e. The molecule has 0 aliphatic rings. The van der Waals surface area contributed by atoms with Gasteiger partial charge in [-0.25, -0.2) is 0 Å². The van der Waals surface area contributed by atoms with Gasteiger partial charge in [0.25, 0.3) is 0 Å². The van der Waals surface area contributed by atoms with Crippen molar-refractivity contribution in [3.63, 3.8) is 0 Å². The fourth-order valence-electron chi connectivity index (χ4n) is 3.80. The van der Waals surface area contributed by atoms with E-state index < -0.39 is 0 Å². The molecule has 0 aromatic carbocycles. The third kappa shape index (κ3) is 26.2. The first kappa shape index (κ1) is 35.8. The topological polar surface area (TPSA) is 74.3 Å². The Bertz CT molecular complexity index is 510. The molecule has 7 nitrogen and oxygen atoms in total. The first-order valence-corrected chi connectivity index (χ1v) is 14.9. The number of nitrogens with zero attached hydrogens (tertiary/aromatic N) is 1. The van der Waals surface area contributed by atoms with E-state index >= 15 is 0 Å². The van der Waals surface area contributed by atoms with E-state index in [1.807, 2.05) is 19.0 Å².